The van der Waals surface area contributed by atoms with E-state index in [1.807, 2.05) is 0 Å². The Morgan fingerprint density at radius 3 is 2.85 bits per heavy atom. The predicted octanol–water partition coefficient (Wildman–Crippen LogP) is 3.05. The minimum absolute atomic E-state index is 0.0543. The molecule has 1 heterocycles. The molecule has 2 rings (SSSR count). The number of carbonyl (C=O) groups is 2. The maximum atomic E-state index is 14.0. The Kier molecular flexibility index (Phi) is 6.67. The van der Waals surface area contributed by atoms with E-state index in [0.29, 0.717) is 5.69 Å². The topological polar surface area (TPSA) is 107 Å². The van der Waals surface area contributed by atoms with Crippen LogP contribution in [0.2, 0.25) is 5.02 Å². The molecular formula is C17H17ClFN5O3. The van der Waals surface area contributed by atoms with E-state index in [1.165, 1.54) is 31.4 Å². The lowest BCUT2D eigenvalue weighted by Crippen LogP contribution is -2.24. The van der Waals surface area contributed by atoms with Crippen LogP contribution < -0.4 is 15.5 Å². The van der Waals surface area contributed by atoms with E-state index in [9.17, 15) is 14.0 Å². The molecule has 0 saturated heterocycles. The summed E-state index contributed by atoms with van der Waals surface area (Å²) in [6.45, 7) is 3.51. The highest BCUT2D eigenvalue weighted by Gasteiger charge is 2.14. The Labute approximate surface area is 159 Å². The zero-order valence-corrected chi connectivity index (χ0v) is 15.1. The van der Waals surface area contributed by atoms with Crippen LogP contribution in [0.25, 0.3) is 0 Å². The van der Waals surface area contributed by atoms with Gasteiger partial charge < -0.3 is 20.6 Å². The third kappa shape index (κ3) is 5.38. The van der Waals surface area contributed by atoms with Crippen molar-refractivity contribution in [1.29, 1.82) is 0 Å². The Bertz CT molecular complexity index is 878. The minimum Gasteiger partial charge on any atom is -0.481 e. The van der Waals surface area contributed by atoms with Gasteiger partial charge in [-0.05, 0) is 24.3 Å². The van der Waals surface area contributed by atoms with Crippen LogP contribution in [0.4, 0.5) is 27.5 Å². The van der Waals surface area contributed by atoms with Crippen LogP contribution in [-0.2, 0) is 9.59 Å². The molecule has 0 spiro atoms. The second-order valence-electron chi connectivity index (χ2n) is 5.35. The van der Waals surface area contributed by atoms with E-state index in [-0.39, 0.29) is 35.4 Å². The van der Waals surface area contributed by atoms with E-state index < -0.39 is 17.7 Å². The van der Waals surface area contributed by atoms with Crippen molar-refractivity contribution in [2.45, 2.75) is 6.42 Å². The number of carbonyl (C=O) groups excluding carboxylic acids is 1. The largest absolute Gasteiger partial charge is 0.481 e. The summed E-state index contributed by atoms with van der Waals surface area (Å²) >= 11 is 5.99. The van der Waals surface area contributed by atoms with Crippen LogP contribution in [0.15, 0.2) is 37.1 Å². The Morgan fingerprint density at radius 1 is 1.44 bits per heavy atom. The highest BCUT2D eigenvalue weighted by molar-refractivity contribution is 6.32. The molecule has 27 heavy (non-hydrogen) atoms. The number of likely N-dealkylation sites (N-methyl/N-ethyl adjacent to an activating group) is 1. The second-order valence-corrected chi connectivity index (χ2v) is 5.76. The maximum Gasteiger partial charge on any atom is 0.305 e. The molecule has 142 valence electrons. The fourth-order valence-electron chi connectivity index (χ4n) is 2.07. The van der Waals surface area contributed by atoms with Gasteiger partial charge in [0.15, 0.2) is 5.82 Å². The van der Waals surface area contributed by atoms with Crippen molar-refractivity contribution in [3.05, 3.63) is 47.9 Å². The number of rotatable bonds is 8. The number of hydrogen-bond acceptors (Lipinski definition) is 6. The van der Waals surface area contributed by atoms with Crippen molar-refractivity contribution in [3.8, 4) is 0 Å². The summed E-state index contributed by atoms with van der Waals surface area (Å²) < 4.78 is 14.0. The molecule has 10 heteroatoms. The zero-order chi connectivity index (χ0) is 20.0. The number of amides is 1. The molecule has 2 aromatic rings. The summed E-state index contributed by atoms with van der Waals surface area (Å²) in [7, 11) is 1.43. The summed E-state index contributed by atoms with van der Waals surface area (Å²) in [5, 5.41) is 14.6. The lowest BCUT2D eigenvalue weighted by molar-refractivity contribution is -0.136. The van der Waals surface area contributed by atoms with Gasteiger partial charge >= 0.3 is 5.97 Å². The molecular weight excluding hydrogens is 377 g/mol. The molecule has 0 bridgehead atoms. The number of aliphatic carboxylic acids is 1. The number of hydrogen-bond donors (Lipinski definition) is 3. The van der Waals surface area contributed by atoms with Crippen molar-refractivity contribution in [1.82, 2.24) is 9.97 Å². The summed E-state index contributed by atoms with van der Waals surface area (Å²) in [5.74, 6) is -1.57. The molecule has 0 radical (unpaired) electrons. The molecule has 1 amide bonds. The predicted molar refractivity (Wildman–Crippen MR) is 101 cm³/mol. The molecule has 1 aromatic carbocycles. The first-order valence-corrected chi connectivity index (χ1v) is 8.14. The van der Waals surface area contributed by atoms with Gasteiger partial charge in [-0.25, -0.2) is 9.37 Å². The number of benzene rings is 1. The van der Waals surface area contributed by atoms with Crippen molar-refractivity contribution < 1.29 is 19.1 Å². The first kappa shape index (κ1) is 20.1. The molecule has 0 saturated carbocycles. The van der Waals surface area contributed by atoms with Gasteiger partial charge in [0, 0.05) is 19.3 Å². The molecule has 8 nitrogen and oxygen atoms in total. The minimum atomic E-state index is -0.956. The van der Waals surface area contributed by atoms with Crippen molar-refractivity contribution in [2.75, 3.05) is 29.1 Å². The summed E-state index contributed by atoms with van der Waals surface area (Å²) in [4.78, 5) is 31.6. The third-order valence-electron chi connectivity index (χ3n) is 3.44. The SMILES string of the molecule is C=CC(=O)N(C)c1cc(Nc2ncc(Cl)c(NCCC(=O)O)n2)ccc1F. The van der Waals surface area contributed by atoms with E-state index in [2.05, 4.69) is 27.2 Å². The van der Waals surface area contributed by atoms with Crippen molar-refractivity contribution >= 4 is 46.6 Å². The molecule has 0 fully saturated rings. The summed E-state index contributed by atoms with van der Waals surface area (Å²) in [6.07, 6.45) is 2.32. The average Bonchev–Trinajstić information content (AvgIpc) is 2.64. The van der Waals surface area contributed by atoms with Gasteiger partial charge in [0.05, 0.1) is 18.3 Å². The number of halogens is 2. The molecule has 3 N–H and O–H groups in total. The quantitative estimate of drug-likeness (QED) is 0.591. The van der Waals surface area contributed by atoms with Gasteiger partial charge in [0.25, 0.3) is 0 Å². The van der Waals surface area contributed by atoms with Gasteiger partial charge in [-0.1, -0.05) is 18.2 Å². The first-order valence-electron chi connectivity index (χ1n) is 7.76. The van der Waals surface area contributed by atoms with Gasteiger partial charge in [-0.2, -0.15) is 4.98 Å². The van der Waals surface area contributed by atoms with Crippen LogP contribution in [0.3, 0.4) is 0 Å². The van der Waals surface area contributed by atoms with Crippen LogP contribution >= 0.6 is 11.6 Å². The van der Waals surface area contributed by atoms with E-state index in [4.69, 9.17) is 16.7 Å². The van der Waals surface area contributed by atoms with E-state index in [1.54, 1.807) is 0 Å². The van der Waals surface area contributed by atoms with Gasteiger partial charge in [0.2, 0.25) is 11.9 Å². The second kappa shape index (κ2) is 8.95. The molecule has 0 aliphatic heterocycles. The number of nitrogens with one attached hydrogen (secondary N) is 2. The number of nitrogens with zero attached hydrogens (tertiary/aromatic N) is 3. The number of carboxylic acids is 1. The summed E-state index contributed by atoms with van der Waals surface area (Å²) in [5.41, 5.74) is 0.493. The standard InChI is InChI=1S/C17H17ClFN5O3/c1-3-14(25)24(2)13-8-10(4-5-12(13)19)22-17-21-9-11(18)16(23-17)20-7-6-15(26)27/h3-5,8-9H,1,6-7H2,2H3,(H,26,27)(H2,20,21,22,23). The normalized spacial score (nSPS) is 10.2. The third-order valence-corrected chi connectivity index (χ3v) is 3.72. The Balaban J connectivity index is 2.20. The van der Waals surface area contributed by atoms with Crippen molar-refractivity contribution in [2.24, 2.45) is 0 Å². The van der Waals surface area contributed by atoms with Gasteiger partial charge in [-0.3, -0.25) is 9.59 Å². The molecule has 0 unspecified atom stereocenters. The van der Waals surface area contributed by atoms with Crippen LogP contribution in [0.5, 0.6) is 0 Å². The first-order chi connectivity index (χ1) is 12.8. The number of aromatic nitrogens is 2. The lowest BCUT2D eigenvalue weighted by atomic mass is 10.2. The van der Waals surface area contributed by atoms with Crippen LogP contribution in [0.1, 0.15) is 6.42 Å². The van der Waals surface area contributed by atoms with Crippen LogP contribution in [0, 0.1) is 5.82 Å². The van der Waals surface area contributed by atoms with E-state index >= 15 is 0 Å². The molecule has 0 aliphatic carbocycles. The lowest BCUT2D eigenvalue weighted by Gasteiger charge is -2.17. The monoisotopic (exact) mass is 393 g/mol. The summed E-state index contributed by atoms with van der Waals surface area (Å²) in [6, 6.07) is 4.08. The van der Waals surface area contributed by atoms with Crippen LogP contribution in [-0.4, -0.2) is 40.5 Å². The Morgan fingerprint density at radius 2 is 2.19 bits per heavy atom. The molecule has 0 atom stereocenters. The zero-order valence-electron chi connectivity index (χ0n) is 14.4. The van der Waals surface area contributed by atoms with Crippen molar-refractivity contribution in [3.63, 3.8) is 0 Å². The Hall–Kier alpha value is -3.20. The molecule has 0 aliphatic rings. The van der Waals surface area contributed by atoms with E-state index in [0.717, 1.165) is 11.0 Å². The average molecular weight is 394 g/mol. The maximum absolute atomic E-state index is 14.0. The fourth-order valence-corrected chi connectivity index (χ4v) is 2.23. The van der Waals surface area contributed by atoms with Gasteiger partial charge in [0.1, 0.15) is 10.8 Å². The molecule has 1 aromatic heterocycles. The van der Waals surface area contributed by atoms with Gasteiger partial charge in [-0.15, -0.1) is 0 Å². The fraction of sp³-hybridized carbons (Fsp3) is 0.176. The number of anilines is 4. The number of carboxylic acid groups (broad SMARTS) is 1. The highest BCUT2D eigenvalue weighted by atomic mass is 35.5. The highest BCUT2D eigenvalue weighted by Crippen LogP contribution is 2.26. The smallest absolute Gasteiger partial charge is 0.305 e.